The van der Waals surface area contributed by atoms with Crippen molar-refractivity contribution in [2.24, 2.45) is 0 Å². The summed E-state index contributed by atoms with van der Waals surface area (Å²) < 4.78 is 0. The molecule has 0 fully saturated rings. The van der Waals surface area contributed by atoms with Crippen LogP contribution < -0.4 is 5.46 Å². The number of hydrogen-bond acceptors (Lipinski definition) is 0. The average Bonchev–Trinajstić information content (AvgIpc) is 1.88. The van der Waals surface area contributed by atoms with E-state index in [9.17, 15) is 0 Å². The van der Waals surface area contributed by atoms with Gasteiger partial charge in [0.2, 0.25) is 0 Å². The Morgan fingerprint density at radius 3 is 2.90 bits per heavy atom. The van der Waals surface area contributed by atoms with E-state index >= 15 is 0 Å². The highest BCUT2D eigenvalue weighted by Gasteiger charge is 1.92. The van der Waals surface area contributed by atoms with Gasteiger partial charge in [0.15, 0.2) is 7.28 Å². The summed E-state index contributed by atoms with van der Waals surface area (Å²) in [6, 6.07) is 7.86. The predicted octanol–water partition coefficient (Wildman–Crippen LogP) is 2.11. The second kappa shape index (κ2) is 3.67. The highest BCUT2D eigenvalue weighted by Crippen LogP contribution is 2.03. The summed E-state index contributed by atoms with van der Waals surface area (Å²) in [5.41, 5.74) is 1.20. The van der Waals surface area contributed by atoms with Gasteiger partial charge in [0.05, 0.1) is 0 Å². The van der Waals surface area contributed by atoms with Crippen molar-refractivity contribution in [1.29, 1.82) is 0 Å². The van der Waals surface area contributed by atoms with Crippen molar-refractivity contribution in [1.82, 2.24) is 0 Å². The number of rotatable bonds is 2. The van der Waals surface area contributed by atoms with Crippen LogP contribution in [0.15, 0.2) is 24.3 Å². The van der Waals surface area contributed by atoms with E-state index in [1.165, 1.54) is 5.46 Å². The lowest BCUT2D eigenvalue weighted by Crippen LogP contribution is -2.11. The largest absolute Gasteiger partial charge is 0.151 e. The lowest BCUT2D eigenvalue weighted by atomic mass is 9.68. The first kappa shape index (κ1) is 7.68. The lowest BCUT2D eigenvalue weighted by Gasteiger charge is -1.95. The van der Waals surface area contributed by atoms with Gasteiger partial charge in [-0.3, -0.25) is 0 Å². The summed E-state index contributed by atoms with van der Waals surface area (Å²) in [7, 11) is 2.14. The maximum absolute atomic E-state index is 5.76. The molecule has 0 N–H and O–H groups in total. The van der Waals surface area contributed by atoms with Gasteiger partial charge < -0.3 is 0 Å². The van der Waals surface area contributed by atoms with E-state index in [1.54, 1.807) is 0 Å². The Hall–Kier alpha value is -0.425. The Labute approximate surface area is 67.5 Å². The fraction of sp³-hybridized carbons (Fsp3) is 0.250. The molecule has 0 unspecified atom stereocenters. The Balaban J connectivity index is 2.75. The van der Waals surface area contributed by atoms with Crippen molar-refractivity contribution < 1.29 is 0 Å². The van der Waals surface area contributed by atoms with E-state index in [2.05, 4.69) is 20.3 Å². The van der Waals surface area contributed by atoms with E-state index in [4.69, 9.17) is 11.6 Å². The molecule has 0 saturated heterocycles. The van der Waals surface area contributed by atoms with Crippen molar-refractivity contribution in [3.05, 3.63) is 29.3 Å². The van der Waals surface area contributed by atoms with Crippen LogP contribution in [0.3, 0.4) is 0 Å². The molecule has 0 nitrogen and oxygen atoms in total. The van der Waals surface area contributed by atoms with Crippen molar-refractivity contribution in [2.45, 2.75) is 13.2 Å². The quantitative estimate of drug-likeness (QED) is 0.568. The zero-order valence-electron chi connectivity index (χ0n) is 5.97. The van der Waals surface area contributed by atoms with Crippen molar-refractivity contribution in [2.75, 3.05) is 0 Å². The second-order valence-corrected chi connectivity index (χ2v) is 2.60. The maximum Gasteiger partial charge on any atom is 0.151 e. The minimum Gasteiger partial charge on any atom is -0.0864 e. The van der Waals surface area contributed by atoms with Crippen LogP contribution in [0.1, 0.15) is 6.92 Å². The molecule has 0 aliphatic heterocycles. The van der Waals surface area contributed by atoms with Gasteiger partial charge in [-0.05, 0) is 12.1 Å². The molecule has 10 heavy (non-hydrogen) atoms. The molecule has 0 aliphatic carbocycles. The number of hydrogen-bond donors (Lipinski definition) is 0. The van der Waals surface area contributed by atoms with Crippen LogP contribution in [0.4, 0.5) is 0 Å². The third-order valence-corrected chi connectivity index (χ3v) is 1.52. The predicted molar refractivity (Wildman–Crippen MR) is 47.3 cm³/mol. The molecule has 0 atom stereocenters. The minimum atomic E-state index is 0.808. The smallest absolute Gasteiger partial charge is 0.0864 e. The van der Waals surface area contributed by atoms with Gasteiger partial charge in [0, 0.05) is 5.02 Å². The maximum atomic E-state index is 5.76. The molecule has 1 rings (SSSR count). The van der Waals surface area contributed by atoms with Crippen molar-refractivity contribution in [3.63, 3.8) is 0 Å². The molecular weight excluding hydrogens is 142 g/mol. The van der Waals surface area contributed by atoms with Crippen LogP contribution in [0.25, 0.3) is 0 Å². The van der Waals surface area contributed by atoms with E-state index in [0.29, 0.717) is 0 Å². The van der Waals surface area contributed by atoms with Crippen LogP contribution in [-0.2, 0) is 0 Å². The van der Waals surface area contributed by atoms with Crippen molar-refractivity contribution >= 4 is 24.3 Å². The molecule has 0 saturated carbocycles. The minimum absolute atomic E-state index is 0.808. The molecular formula is C8H9BCl. The highest BCUT2D eigenvalue weighted by atomic mass is 35.5. The van der Waals surface area contributed by atoms with Crippen LogP contribution in [0.2, 0.25) is 11.3 Å². The van der Waals surface area contributed by atoms with Crippen molar-refractivity contribution in [3.8, 4) is 0 Å². The standard InChI is InChI=1S/C8H9BCl/c1-2-9-7-4-3-5-8(10)6-7/h3-6H,2H2,1H3. The topological polar surface area (TPSA) is 0 Å². The van der Waals surface area contributed by atoms with Gasteiger partial charge in [0.1, 0.15) is 0 Å². The fourth-order valence-corrected chi connectivity index (χ4v) is 1.07. The summed E-state index contributed by atoms with van der Waals surface area (Å²) in [5, 5.41) is 0.808. The van der Waals surface area contributed by atoms with Crippen LogP contribution in [0, 0.1) is 0 Å². The molecule has 0 aliphatic rings. The number of benzene rings is 1. The monoisotopic (exact) mass is 151 g/mol. The third-order valence-electron chi connectivity index (χ3n) is 1.29. The normalized spacial score (nSPS) is 9.40. The van der Waals surface area contributed by atoms with E-state index in [0.717, 1.165) is 11.3 Å². The van der Waals surface area contributed by atoms with Gasteiger partial charge in [-0.2, -0.15) is 0 Å². The Bertz CT molecular complexity index is 210. The summed E-state index contributed by atoms with van der Waals surface area (Å²) in [4.78, 5) is 0. The summed E-state index contributed by atoms with van der Waals surface area (Å²) in [6.07, 6.45) is 1.06. The van der Waals surface area contributed by atoms with Gasteiger partial charge >= 0.3 is 0 Å². The first-order chi connectivity index (χ1) is 4.83. The Morgan fingerprint density at radius 1 is 1.50 bits per heavy atom. The summed E-state index contributed by atoms with van der Waals surface area (Å²) in [6.45, 7) is 2.11. The van der Waals surface area contributed by atoms with E-state index in [1.807, 2.05) is 18.2 Å². The summed E-state index contributed by atoms with van der Waals surface area (Å²) >= 11 is 5.76. The van der Waals surface area contributed by atoms with E-state index in [-0.39, 0.29) is 0 Å². The first-order valence-electron chi connectivity index (χ1n) is 3.41. The lowest BCUT2D eigenvalue weighted by molar-refractivity contribution is 1.46. The number of halogens is 1. The SMILES string of the molecule is CC[B]c1cccc(Cl)c1. The third kappa shape index (κ3) is 2.07. The molecule has 1 aromatic rings. The van der Waals surface area contributed by atoms with Gasteiger partial charge in [-0.15, -0.1) is 0 Å². The molecule has 0 aromatic heterocycles. The van der Waals surface area contributed by atoms with E-state index < -0.39 is 0 Å². The van der Waals surface area contributed by atoms with Gasteiger partial charge in [-0.25, -0.2) is 0 Å². The highest BCUT2D eigenvalue weighted by molar-refractivity contribution is 6.53. The molecule has 51 valence electrons. The van der Waals surface area contributed by atoms with Gasteiger partial charge in [-0.1, -0.05) is 42.4 Å². The van der Waals surface area contributed by atoms with Gasteiger partial charge in [0.25, 0.3) is 0 Å². The fourth-order valence-electron chi connectivity index (χ4n) is 0.869. The molecule has 0 heterocycles. The molecule has 0 bridgehead atoms. The Kier molecular flexibility index (Phi) is 2.82. The summed E-state index contributed by atoms with van der Waals surface area (Å²) in [5.74, 6) is 0. The average molecular weight is 151 g/mol. The van der Waals surface area contributed by atoms with Crippen LogP contribution >= 0.6 is 11.6 Å². The first-order valence-corrected chi connectivity index (χ1v) is 3.79. The van der Waals surface area contributed by atoms with Crippen LogP contribution in [0.5, 0.6) is 0 Å². The molecule has 0 spiro atoms. The molecule has 0 amide bonds. The zero-order chi connectivity index (χ0) is 7.40. The molecule has 1 aromatic carbocycles. The molecule has 1 radical (unpaired) electrons. The second-order valence-electron chi connectivity index (χ2n) is 2.17. The zero-order valence-corrected chi connectivity index (χ0v) is 6.73. The molecule has 2 heteroatoms. The van der Waals surface area contributed by atoms with Crippen LogP contribution in [-0.4, -0.2) is 7.28 Å². The Morgan fingerprint density at radius 2 is 2.30 bits per heavy atom.